The fraction of sp³-hybridized carbons (Fsp3) is 0.867. The topological polar surface area (TPSA) is 61.8 Å². The number of methoxy groups -OCH3 is 1. The van der Waals surface area contributed by atoms with E-state index in [0.717, 1.165) is 6.42 Å². The highest BCUT2D eigenvalue weighted by molar-refractivity contribution is 9.10. The zero-order chi connectivity index (χ0) is 14.9. The van der Waals surface area contributed by atoms with Gasteiger partial charge in [0.15, 0.2) is 0 Å². The summed E-state index contributed by atoms with van der Waals surface area (Å²) >= 11 is 3.82. The Morgan fingerprint density at radius 2 is 2.19 bits per heavy atom. The van der Waals surface area contributed by atoms with Crippen LogP contribution in [0.25, 0.3) is 0 Å². The van der Waals surface area contributed by atoms with Crippen molar-refractivity contribution in [1.82, 2.24) is 0 Å². The Labute approximate surface area is 131 Å². The molecule has 0 radical (unpaired) electrons. The summed E-state index contributed by atoms with van der Waals surface area (Å²) in [6.07, 6.45) is 3.01. The molecule has 4 fully saturated rings. The maximum absolute atomic E-state index is 12.5. The van der Waals surface area contributed by atoms with E-state index in [1.165, 1.54) is 7.11 Å². The quantitative estimate of drug-likeness (QED) is 0.528. The maximum Gasteiger partial charge on any atom is 0.312 e. The van der Waals surface area contributed by atoms with E-state index in [2.05, 4.69) is 15.9 Å². The Balaban J connectivity index is 1.78. The van der Waals surface area contributed by atoms with E-state index in [1.54, 1.807) is 0 Å². The van der Waals surface area contributed by atoms with Crippen molar-refractivity contribution in [1.29, 1.82) is 0 Å². The van der Waals surface area contributed by atoms with Crippen LogP contribution in [-0.4, -0.2) is 42.2 Å². The molecule has 1 aliphatic heterocycles. The predicted molar refractivity (Wildman–Crippen MR) is 75.8 cm³/mol. The first-order valence-electron chi connectivity index (χ1n) is 7.45. The van der Waals surface area contributed by atoms with Crippen molar-refractivity contribution in [3.8, 4) is 0 Å². The van der Waals surface area contributed by atoms with E-state index in [0.29, 0.717) is 31.8 Å². The minimum absolute atomic E-state index is 0.147. The summed E-state index contributed by atoms with van der Waals surface area (Å²) in [5.41, 5.74) is -1.06. The van der Waals surface area contributed by atoms with Gasteiger partial charge >= 0.3 is 5.97 Å². The largest absolute Gasteiger partial charge is 0.469 e. The number of ketones is 1. The highest BCUT2D eigenvalue weighted by atomic mass is 79.9. The van der Waals surface area contributed by atoms with Crippen LogP contribution in [0.4, 0.5) is 0 Å². The molecule has 0 aromatic rings. The lowest BCUT2D eigenvalue weighted by Gasteiger charge is -2.69. The first-order chi connectivity index (χ1) is 9.94. The zero-order valence-electron chi connectivity index (χ0n) is 12.0. The summed E-state index contributed by atoms with van der Waals surface area (Å²) in [5, 5.41) is 0. The molecule has 2 bridgehead atoms. The zero-order valence-corrected chi connectivity index (χ0v) is 13.6. The van der Waals surface area contributed by atoms with E-state index < -0.39 is 5.41 Å². The second kappa shape index (κ2) is 4.30. The number of hydrogen-bond acceptors (Lipinski definition) is 5. The van der Waals surface area contributed by atoms with Crippen molar-refractivity contribution in [2.24, 2.45) is 17.3 Å². The molecule has 0 aromatic heterocycles. The molecule has 5 atom stereocenters. The van der Waals surface area contributed by atoms with Crippen molar-refractivity contribution >= 4 is 27.7 Å². The Bertz CT molecular complexity index is 522. The summed E-state index contributed by atoms with van der Waals surface area (Å²) in [4.78, 5) is 24.7. The monoisotopic (exact) mass is 358 g/mol. The lowest BCUT2D eigenvalue weighted by molar-refractivity contribution is -0.323. The number of carbonyl (C=O) groups is 2. The highest BCUT2D eigenvalue weighted by Crippen LogP contribution is 2.69. The minimum Gasteiger partial charge on any atom is -0.469 e. The SMILES string of the molecule is COC(=O)[C@]12CC(=O)C[C@](Br)(C1)[C@@H]1C[C@H]3COCO[C@]31C2. The molecule has 21 heavy (non-hydrogen) atoms. The van der Waals surface area contributed by atoms with Crippen molar-refractivity contribution in [3.05, 3.63) is 0 Å². The van der Waals surface area contributed by atoms with Gasteiger partial charge in [-0.25, -0.2) is 0 Å². The molecule has 3 aliphatic carbocycles. The van der Waals surface area contributed by atoms with Crippen LogP contribution in [0.5, 0.6) is 0 Å². The van der Waals surface area contributed by atoms with Crippen LogP contribution in [0.2, 0.25) is 0 Å². The van der Waals surface area contributed by atoms with Gasteiger partial charge in [-0.15, -0.1) is 0 Å². The summed E-state index contributed by atoms with van der Waals surface area (Å²) < 4.78 is 16.2. The molecule has 6 heteroatoms. The second-order valence-corrected chi connectivity index (χ2v) is 8.70. The number of fused-ring (bicyclic) bond motifs is 3. The molecule has 1 saturated heterocycles. The summed E-state index contributed by atoms with van der Waals surface area (Å²) in [6.45, 7) is 0.964. The Morgan fingerprint density at radius 1 is 1.38 bits per heavy atom. The van der Waals surface area contributed by atoms with E-state index in [9.17, 15) is 9.59 Å². The smallest absolute Gasteiger partial charge is 0.312 e. The number of carbonyl (C=O) groups excluding carboxylic acids is 2. The average Bonchev–Trinajstić information content (AvgIpc) is 2.39. The van der Waals surface area contributed by atoms with Gasteiger partial charge in [0.1, 0.15) is 12.6 Å². The summed E-state index contributed by atoms with van der Waals surface area (Å²) in [7, 11) is 1.40. The number of hydrogen-bond donors (Lipinski definition) is 0. The standard InChI is InChI=1S/C15H19BrO5/c1-19-12(18)13-3-10(17)4-14(16,6-13)11-2-9-5-20-8-21-15(9,11)7-13/h9,11H,2-8H2,1H3/t9-,11-,13+,14-,15+/m0/s1. The Kier molecular flexibility index (Phi) is 2.90. The average molecular weight is 359 g/mol. The Morgan fingerprint density at radius 3 is 2.90 bits per heavy atom. The van der Waals surface area contributed by atoms with E-state index >= 15 is 0 Å². The van der Waals surface area contributed by atoms with Crippen LogP contribution in [0, 0.1) is 17.3 Å². The van der Waals surface area contributed by atoms with E-state index in [-0.39, 0.29) is 40.8 Å². The third-order valence-electron chi connectivity index (χ3n) is 6.05. The molecule has 0 N–H and O–H groups in total. The molecule has 4 rings (SSSR count). The van der Waals surface area contributed by atoms with Crippen LogP contribution in [0.3, 0.4) is 0 Å². The molecule has 116 valence electrons. The number of Topliss-reactive ketones (excluding diaryl/α,β-unsaturated/α-hetero) is 1. The summed E-state index contributed by atoms with van der Waals surface area (Å²) in [6, 6.07) is 0. The fourth-order valence-electron chi connectivity index (χ4n) is 5.33. The normalized spacial score (nSPS) is 51.4. The summed E-state index contributed by atoms with van der Waals surface area (Å²) in [5.74, 6) is 0.480. The van der Waals surface area contributed by atoms with Gasteiger partial charge in [-0.1, -0.05) is 15.9 Å². The predicted octanol–water partition coefficient (Wildman–Crippen LogP) is 1.82. The molecule has 0 amide bonds. The van der Waals surface area contributed by atoms with Crippen molar-refractivity contribution in [2.45, 2.75) is 42.0 Å². The van der Waals surface area contributed by atoms with Crippen molar-refractivity contribution < 1.29 is 23.8 Å². The van der Waals surface area contributed by atoms with Gasteiger partial charge in [0.25, 0.3) is 0 Å². The van der Waals surface area contributed by atoms with Gasteiger partial charge < -0.3 is 14.2 Å². The first-order valence-corrected chi connectivity index (χ1v) is 8.24. The van der Waals surface area contributed by atoms with Gasteiger partial charge in [0.05, 0.1) is 24.7 Å². The van der Waals surface area contributed by atoms with Crippen LogP contribution < -0.4 is 0 Å². The Hall–Kier alpha value is -0.460. The van der Waals surface area contributed by atoms with Crippen molar-refractivity contribution in [3.63, 3.8) is 0 Å². The molecule has 0 aromatic carbocycles. The highest BCUT2D eigenvalue weighted by Gasteiger charge is 2.73. The lowest BCUT2D eigenvalue weighted by Crippen LogP contribution is -2.74. The second-order valence-electron chi connectivity index (χ2n) is 7.13. The number of halogens is 1. The fourth-order valence-corrected chi connectivity index (χ4v) is 6.76. The molecule has 1 spiro atoms. The van der Waals surface area contributed by atoms with Crippen LogP contribution >= 0.6 is 15.9 Å². The molecule has 5 nitrogen and oxygen atoms in total. The van der Waals surface area contributed by atoms with Crippen LogP contribution in [0.1, 0.15) is 32.1 Å². The third kappa shape index (κ3) is 1.70. The van der Waals surface area contributed by atoms with Gasteiger partial charge in [0, 0.05) is 29.0 Å². The lowest BCUT2D eigenvalue weighted by atomic mass is 9.43. The van der Waals surface area contributed by atoms with Gasteiger partial charge in [-0.05, 0) is 19.3 Å². The molecular formula is C15H19BrO5. The molecule has 0 unspecified atom stereocenters. The number of alkyl halides is 1. The van der Waals surface area contributed by atoms with Crippen molar-refractivity contribution in [2.75, 3.05) is 20.5 Å². The van der Waals surface area contributed by atoms with E-state index in [1.807, 2.05) is 0 Å². The van der Waals surface area contributed by atoms with Gasteiger partial charge in [-0.3, -0.25) is 9.59 Å². The van der Waals surface area contributed by atoms with E-state index in [4.69, 9.17) is 14.2 Å². The van der Waals surface area contributed by atoms with Gasteiger partial charge in [0.2, 0.25) is 0 Å². The molecule has 1 heterocycles. The molecular weight excluding hydrogens is 340 g/mol. The number of ether oxygens (including phenoxy) is 3. The third-order valence-corrected chi connectivity index (χ3v) is 7.16. The maximum atomic E-state index is 12.5. The van der Waals surface area contributed by atoms with Gasteiger partial charge in [-0.2, -0.15) is 0 Å². The van der Waals surface area contributed by atoms with Crippen LogP contribution in [0.15, 0.2) is 0 Å². The molecule has 3 saturated carbocycles. The minimum atomic E-state index is -0.736. The number of esters is 1. The van der Waals surface area contributed by atoms with Crippen LogP contribution in [-0.2, 0) is 23.8 Å². The first kappa shape index (κ1) is 14.2. The molecule has 4 aliphatic rings. The number of rotatable bonds is 1.